The number of para-hydroxylation sites is 1. The Labute approximate surface area is 177 Å². The SMILES string of the molecule is Cc1cccc(C)c1NC(=O)CN1CCN(Cc2noc(CN)n2)CC1.Cl.Cl. The average molecular weight is 431 g/mol. The minimum absolute atomic E-state index is 0. The average Bonchev–Trinajstić information content (AvgIpc) is 3.08. The van der Waals surface area contributed by atoms with Crippen molar-refractivity contribution >= 4 is 36.4 Å². The van der Waals surface area contributed by atoms with Crippen molar-refractivity contribution in [3.8, 4) is 0 Å². The zero-order valence-corrected chi connectivity index (χ0v) is 17.8. The maximum Gasteiger partial charge on any atom is 0.240 e. The quantitative estimate of drug-likeness (QED) is 0.719. The summed E-state index contributed by atoms with van der Waals surface area (Å²) in [5.74, 6) is 1.15. The Morgan fingerprint density at radius 2 is 1.75 bits per heavy atom. The number of nitrogens with two attached hydrogens (primary N) is 1. The molecule has 1 aromatic heterocycles. The van der Waals surface area contributed by atoms with E-state index in [9.17, 15) is 4.79 Å². The minimum atomic E-state index is 0. The number of carbonyl (C=O) groups excluding carboxylic acids is 1. The summed E-state index contributed by atoms with van der Waals surface area (Å²) in [6.07, 6.45) is 0. The van der Waals surface area contributed by atoms with Gasteiger partial charge in [0, 0.05) is 31.9 Å². The van der Waals surface area contributed by atoms with Crippen LogP contribution in [0.2, 0.25) is 0 Å². The fourth-order valence-corrected chi connectivity index (χ4v) is 3.14. The number of amides is 1. The number of halogens is 2. The second-order valence-corrected chi connectivity index (χ2v) is 6.68. The molecule has 1 fully saturated rings. The van der Waals surface area contributed by atoms with Crippen LogP contribution in [0.1, 0.15) is 22.8 Å². The van der Waals surface area contributed by atoms with Crippen LogP contribution in [0.25, 0.3) is 0 Å². The number of hydrogen-bond donors (Lipinski definition) is 2. The third-order valence-electron chi connectivity index (χ3n) is 4.63. The van der Waals surface area contributed by atoms with Crippen molar-refractivity contribution in [2.24, 2.45) is 5.73 Å². The number of carbonyl (C=O) groups is 1. The van der Waals surface area contributed by atoms with Gasteiger partial charge in [-0.15, -0.1) is 24.8 Å². The Hall–Kier alpha value is -1.71. The molecule has 3 rings (SSSR count). The third kappa shape index (κ3) is 6.42. The molecule has 1 aliphatic heterocycles. The number of aryl methyl sites for hydroxylation is 2. The zero-order chi connectivity index (χ0) is 18.5. The summed E-state index contributed by atoms with van der Waals surface area (Å²) in [4.78, 5) is 21.0. The normalized spacial score (nSPS) is 14.8. The molecular weight excluding hydrogens is 403 g/mol. The highest BCUT2D eigenvalue weighted by atomic mass is 35.5. The summed E-state index contributed by atoms with van der Waals surface area (Å²) in [6.45, 7) is 8.73. The molecule has 1 amide bonds. The van der Waals surface area contributed by atoms with Crippen LogP contribution in [0.15, 0.2) is 22.7 Å². The molecule has 2 aromatic rings. The molecule has 0 unspecified atom stereocenters. The van der Waals surface area contributed by atoms with Gasteiger partial charge in [0.25, 0.3) is 0 Å². The van der Waals surface area contributed by atoms with Gasteiger partial charge in [-0.05, 0) is 25.0 Å². The molecule has 3 N–H and O–H groups in total. The lowest BCUT2D eigenvalue weighted by Gasteiger charge is -2.33. The lowest BCUT2D eigenvalue weighted by molar-refractivity contribution is -0.117. The van der Waals surface area contributed by atoms with E-state index in [-0.39, 0.29) is 37.3 Å². The van der Waals surface area contributed by atoms with Crippen LogP contribution < -0.4 is 11.1 Å². The number of rotatable bonds is 6. The summed E-state index contributed by atoms with van der Waals surface area (Å²) < 4.78 is 5.03. The maximum absolute atomic E-state index is 12.4. The lowest BCUT2D eigenvalue weighted by atomic mass is 10.1. The number of nitrogens with zero attached hydrogens (tertiary/aromatic N) is 4. The van der Waals surface area contributed by atoms with Crippen molar-refractivity contribution in [2.45, 2.75) is 26.9 Å². The Kier molecular flexibility index (Phi) is 9.84. The van der Waals surface area contributed by atoms with Crippen molar-refractivity contribution in [2.75, 3.05) is 38.0 Å². The van der Waals surface area contributed by atoms with Gasteiger partial charge in [-0.25, -0.2) is 0 Å². The number of aromatic nitrogens is 2. The van der Waals surface area contributed by atoms with E-state index in [1.54, 1.807) is 0 Å². The summed E-state index contributed by atoms with van der Waals surface area (Å²) >= 11 is 0. The van der Waals surface area contributed by atoms with Gasteiger partial charge in [-0.2, -0.15) is 4.98 Å². The molecule has 10 heteroatoms. The van der Waals surface area contributed by atoms with E-state index in [2.05, 4.69) is 25.3 Å². The number of piperazine rings is 1. The smallest absolute Gasteiger partial charge is 0.240 e. The molecule has 0 radical (unpaired) electrons. The van der Waals surface area contributed by atoms with Gasteiger partial charge in [0.15, 0.2) is 5.82 Å². The number of anilines is 1. The van der Waals surface area contributed by atoms with Crippen molar-refractivity contribution < 1.29 is 9.32 Å². The van der Waals surface area contributed by atoms with Crippen LogP contribution in [-0.2, 0) is 17.9 Å². The van der Waals surface area contributed by atoms with E-state index in [4.69, 9.17) is 10.3 Å². The fourth-order valence-electron chi connectivity index (χ4n) is 3.14. The van der Waals surface area contributed by atoms with Crippen LogP contribution in [0.3, 0.4) is 0 Å². The lowest BCUT2D eigenvalue weighted by Crippen LogP contribution is -2.48. The van der Waals surface area contributed by atoms with Gasteiger partial charge in [0.05, 0.1) is 19.6 Å². The zero-order valence-electron chi connectivity index (χ0n) is 16.2. The molecule has 8 nitrogen and oxygen atoms in total. The van der Waals surface area contributed by atoms with Crippen LogP contribution in [-0.4, -0.2) is 58.6 Å². The predicted molar refractivity (Wildman–Crippen MR) is 113 cm³/mol. The first kappa shape index (κ1) is 24.3. The van der Waals surface area contributed by atoms with E-state index in [0.29, 0.717) is 24.8 Å². The van der Waals surface area contributed by atoms with E-state index >= 15 is 0 Å². The molecule has 1 saturated heterocycles. The highest BCUT2D eigenvalue weighted by Gasteiger charge is 2.21. The second-order valence-electron chi connectivity index (χ2n) is 6.68. The highest BCUT2D eigenvalue weighted by Crippen LogP contribution is 2.19. The molecular formula is C18H28Cl2N6O2. The summed E-state index contributed by atoms with van der Waals surface area (Å²) in [5.41, 5.74) is 8.57. The Morgan fingerprint density at radius 1 is 1.14 bits per heavy atom. The minimum Gasteiger partial charge on any atom is -0.338 e. The van der Waals surface area contributed by atoms with Gasteiger partial charge in [-0.1, -0.05) is 23.4 Å². The van der Waals surface area contributed by atoms with E-state index < -0.39 is 0 Å². The van der Waals surface area contributed by atoms with E-state index in [1.807, 2.05) is 32.0 Å². The van der Waals surface area contributed by atoms with Crippen molar-refractivity contribution in [1.82, 2.24) is 19.9 Å². The van der Waals surface area contributed by atoms with Crippen molar-refractivity contribution in [3.05, 3.63) is 41.0 Å². The van der Waals surface area contributed by atoms with Gasteiger partial charge in [0.2, 0.25) is 11.8 Å². The topological polar surface area (TPSA) is 101 Å². The predicted octanol–water partition coefficient (Wildman–Crippen LogP) is 1.75. The van der Waals surface area contributed by atoms with Gasteiger partial charge < -0.3 is 15.6 Å². The molecule has 0 saturated carbocycles. The van der Waals surface area contributed by atoms with Crippen LogP contribution >= 0.6 is 24.8 Å². The molecule has 0 aliphatic carbocycles. The molecule has 156 valence electrons. The molecule has 1 aromatic carbocycles. The molecule has 2 heterocycles. The molecule has 1 aliphatic rings. The van der Waals surface area contributed by atoms with Gasteiger partial charge in [0.1, 0.15) is 0 Å². The largest absolute Gasteiger partial charge is 0.338 e. The van der Waals surface area contributed by atoms with Gasteiger partial charge >= 0.3 is 0 Å². The second kappa shape index (κ2) is 11.3. The first-order chi connectivity index (χ1) is 12.5. The first-order valence-corrected chi connectivity index (χ1v) is 8.87. The third-order valence-corrected chi connectivity index (χ3v) is 4.63. The van der Waals surface area contributed by atoms with E-state index in [1.165, 1.54) is 0 Å². The molecule has 28 heavy (non-hydrogen) atoms. The fraction of sp³-hybridized carbons (Fsp3) is 0.500. The Morgan fingerprint density at radius 3 is 2.32 bits per heavy atom. The first-order valence-electron chi connectivity index (χ1n) is 8.87. The monoisotopic (exact) mass is 430 g/mol. The standard InChI is InChI=1S/C18H26N6O2.2ClH/c1-13-4-3-5-14(2)18(13)21-16(25)12-24-8-6-23(7-9-24)11-15-20-17(10-19)26-22-15;;/h3-5H,6-12,19H2,1-2H3,(H,21,25);2*1H. The maximum atomic E-state index is 12.4. The Bertz CT molecular complexity index is 742. The molecule has 0 spiro atoms. The molecule has 0 atom stereocenters. The van der Waals surface area contributed by atoms with Crippen molar-refractivity contribution in [3.63, 3.8) is 0 Å². The summed E-state index contributed by atoms with van der Waals surface area (Å²) in [7, 11) is 0. The van der Waals surface area contributed by atoms with Gasteiger partial charge in [-0.3, -0.25) is 14.6 Å². The summed E-state index contributed by atoms with van der Waals surface area (Å²) in [5, 5.41) is 6.97. The van der Waals surface area contributed by atoms with Crippen molar-refractivity contribution in [1.29, 1.82) is 0 Å². The number of benzene rings is 1. The number of nitrogens with one attached hydrogen (secondary N) is 1. The Balaban J connectivity index is 0.00000196. The van der Waals surface area contributed by atoms with Crippen LogP contribution in [0.5, 0.6) is 0 Å². The summed E-state index contributed by atoms with van der Waals surface area (Å²) in [6, 6.07) is 6.02. The number of hydrogen-bond acceptors (Lipinski definition) is 7. The highest BCUT2D eigenvalue weighted by molar-refractivity contribution is 5.93. The van der Waals surface area contributed by atoms with Crippen LogP contribution in [0, 0.1) is 13.8 Å². The van der Waals surface area contributed by atoms with E-state index in [0.717, 1.165) is 43.0 Å². The molecule has 0 bridgehead atoms. The van der Waals surface area contributed by atoms with Crippen LogP contribution in [0.4, 0.5) is 5.69 Å².